The van der Waals surface area contributed by atoms with Crippen molar-refractivity contribution >= 4 is 0 Å². The number of hydrogen-bond acceptors (Lipinski definition) is 3. The number of H-pyrrole nitrogens is 1. The van der Waals surface area contributed by atoms with Gasteiger partial charge in [0.25, 0.3) is 0 Å². The van der Waals surface area contributed by atoms with Crippen molar-refractivity contribution in [3.8, 4) is 11.4 Å². The molecule has 4 heteroatoms. The summed E-state index contributed by atoms with van der Waals surface area (Å²) in [5.41, 5.74) is 4.16. The lowest BCUT2D eigenvalue weighted by molar-refractivity contribution is 0.110. The quantitative estimate of drug-likeness (QED) is 0.761. The van der Waals surface area contributed by atoms with Crippen LogP contribution in [0.1, 0.15) is 11.3 Å². The fraction of sp³-hybridized carbons (Fsp3) is 0.273. The molecule has 15 heavy (non-hydrogen) atoms. The van der Waals surface area contributed by atoms with E-state index in [-0.39, 0.29) is 0 Å². The van der Waals surface area contributed by atoms with Gasteiger partial charge in [0, 0.05) is 23.9 Å². The second-order valence-corrected chi connectivity index (χ2v) is 3.55. The number of fused-ring (bicyclic) bond motifs is 1. The van der Waals surface area contributed by atoms with Crippen molar-refractivity contribution in [2.45, 2.75) is 13.0 Å². The van der Waals surface area contributed by atoms with Gasteiger partial charge in [0.2, 0.25) is 0 Å². The molecule has 2 aromatic heterocycles. The summed E-state index contributed by atoms with van der Waals surface area (Å²) in [7, 11) is 0. The van der Waals surface area contributed by atoms with Crippen LogP contribution in [0.15, 0.2) is 24.4 Å². The molecule has 1 aliphatic heterocycles. The highest BCUT2D eigenvalue weighted by molar-refractivity contribution is 5.59. The monoisotopic (exact) mass is 201 g/mol. The standard InChI is InChI=1S/C11H11N3O/c1-2-5-12-10(3-1)11-8-7-15-6-4-9(8)13-14-11/h1-3,5H,4,6-7H2,(H,13,14). The van der Waals surface area contributed by atoms with Gasteiger partial charge in [-0.3, -0.25) is 10.1 Å². The maximum atomic E-state index is 5.43. The summed E-state index contributed by atoms with van der Waals surface area (Å²) in [5, 5.41) is 7.36. The van der Waals surface area contributed by atoms with Crippen LogP contribution < -0.4 is 0 Å². The van der Waals surface area contributed by atoms with E-state index in [0.29, 0.717) is 6.61 Å². The minimum absolute atomic E-state index is 0.637. The number of ether oxygens (including phenoxy) is 1. The Morgan fingerprint density at radius 3 is 3.20 bits per heavy atom. The van der Waals surface area contributed by atoms with E-state index in [1.54, 1.807) is 6.20 Å². The lowest BCUT2D eigenvalue weighted by Gasteiger charge is -2.11. The predicted octanol–water partition coefficient (Wildman–Crippen LogP) is 1.54. The third-order valence-electron chi connectivity index (χ3n) is 2.60. The molecule has 0 radical (unpaired) electrons. The summed E-state index contributed by atoms with van der Waals surface area (Å²) in [6.07, 6.45) is 2.69. The van der Waals surface area contributed by atoms with Gasteiger partial charge in [0.1, 0.15) is 5.69 Å². The molecule has 1 N–H and O–H groups in total. The van der Waals surface area contributed by atoms with E-state index in [4.69, 9.17) is 4.74 Å². The van der Waals surface area contributed by atoms with E-state index in [2.05, 4.69) is 15.2 Å². The van der Waals surface area contributed by atoms with E-state index in [1.165, 1.54) is 5.69 Å². The van der Waals surface area contributed by atoms with Crippen molar-refractivity contribution in [2.75, 3.05) is 6.61 Å². The number of nitrogens with zero attached hydrogens (tertiary/aromatic N) is 2. The fourth-order valence-electron chi connectivity index (χ4n) is 1.83. The van der Waals surface area contributed by atoms with Gasteiger partial charge in [-0.15, -0.1) is 0 Å². The number of nitrogens with one attached hydrogen (secondary N) is 1. The Morgan fingerprint density at radius 2 is 2.33 bits per heavy atom. The summed E-state index contributed by atoms with van der Waals surface area (Å²) in [4.78, 5) is 4.29. The maximum absolute atomic E-state index is 5.43. The van der Waals surface area contributed by atoms with Crippen LogP contribution in [0.4, 0.5) is 0 Å². The van der Waals surface area contributed by atoms with Crippen LogP contribution in [-0.4, -0.2) is 21.8 Å². The third-order valence-corrected chi connectivity index (χ3v) is 2.60. The van der Waals surface area contributed by atoms with E-state index >= 15 is 0 Å². The molecule has 0 bridgehead atoms. The summed E-state index contributed by atoms with van der Waals surface area (Å²) in [5.74, 6) is 0. The zero-order valence-electron chi connectivity index (χ0n) is 8.23. The van der Waals surface area contributed by atoms with E-state index in [1.807, 2.05) is 18.2 Å². The van der Waals surface area contributed by atoms with Gasteiger partial charge in [0.15, 0.2) is 0 Å². The first-order chi connectivity index (χ1) is 7.45. The van der Waals surface area contributed by atoms with Crippen LogP contribution in [0, 0.1) is 0 Å². The minimum atomic E-state index is 0.637. The van der Waals surface area contributed by atoms with E-state index in [0.717, 1.165) is 30.0 Å². The van der Waals surface area contributed by atoms with Crippen LogP contribution in [0.25, 0.3) is 11.4 Å². The molecule has 3 rings (SSSR count). The van der Waals surface area contributed by atoms with Crippen LogP contribution in [-0.2, 0) is 17.8 Å². The molecule has 4 nitrogen and oxygen atoms in total. The maximum Gasteiger partial charge on any atom is 0.116 e. The molecule has 0 aliphatic carbocycles. The second kappa shape index (κ2) is 3.47. The zero-order valence-corrected chi connectivity index (χ0v) is 8.23. The molecule has 0 aromatic carbocycles. The number of rotatable bonds is 1. The molecule has 0 saturated carbocycles. The summed E-state index contributed by atoms with van der Waals surface area (Å²) in [6.45, 7) is 1.41. The van der Waals surface area contributed by atoms with Gasteiger partial charge < -0.3 is 4.74 Å². The fourth-order valence-corrected chi connectivity index (χ4v) is 1.83. The first kappa shape index (κ1) is 8.61. The molecule has 2 aromatic rings. The predicted molar refractivity (Wildman–Crippen MR) is 55.2 cm³/mol. The topological polar surface area (TPSA) is 50.8 Å². The van der Waals surface area contributed by atoms with Crippen molar-refractivity contribution in [3.05, 3.63) is 35.7 Å². The first-order valence-electron chi connectivity index (χ1n) is 5.00. The Bertz CT molecular complexity index is 464. The van der Waals surface area contributed by atoms with Crippen molar-refractivity contribution in [1.29, 1.82) is 0 Å². The number of aromatic amines is 1. The van der Waals surface area contributed by atoms with Gasteiger partial charge >= 0.3 is 0 Å². The molecule has 0 spiro atoms. The summed E-state index contributed by atoms with van der Waals surface area (Å²) >= 11 is 0. The highest BCUT2D eigenvalue weighted by Crippen LogP contribution is 2.25. The van der Waals surface area contributed by atoms with Gasteiger partial charge in [-0.25, -0.2) is 0 Å². The second-order valence-electron chi connectivity index (χ2n) is 3.55. The molecule has 1 aliphatic rings. The van der Waals surface area contributed by atoms with Gasteiger partial charge in [-0.05, 0) is 12.1 Å². The Kier molecular flexibility index (Phi) is 1.99. The van der Waals surface area contributed by atoms with Gasteiger partial charge in [0.05, 0.1) is 18.9 Å². The molecular weight excluding hydrogens is 190 g/mol. The lowest BCUT2D eigenvalue weighted by atomic mass is 10.1. The Balaban J connectivity index is 2.09. The highest BCUT2D eigenvalue weighted by Gasteiger charge is 2.18. The molecule has 76 valence electrons. The van der Waals surface area contributed by atoms with E-state index in [9.17, 15) is 0 Å². The molecule has 0 saturated heterocycles. The average Bonchev–Trinajstić information content (AvgIpc) is 2.74. The van der Waals surface area contributed by atoms with Crippen molar-refractivity contribution in [3.63, 3.8) is 0 Å². The van der Waals surface area contributed by atoms with Gasteiger partial charge in [-0.1, -0.05) is 6.07 Å². The van der Waals surface area contributed by atoms with Crippen molar-refractivity contribution in [1.82, 2.24) is 15.2 Å². The molecule has 0 atom stereocenters. The Labute approximate surface area is 87.3 Å². The molecule has 3 heterocycles. The zero-order chi connectivity index (χ0) is 10.1. The van der Waals surface area contributed by atoms with Crippen LogP contribution >= 0.6 is 0 Å². The minimum Gasteiger partial charge on any atom is -0.376 e. The smallest absolute Gasteiger partial charge is 0.116 e. The van der Waals surface area contributed by atoms with Crippen molar-refractivity contribution < 1.29 is 4.74 Å². The van der Waals surface area contributed by atoms with Gasteiger partial charge in [-0.2, -0.15) is 5.10 Å². The third kappa shape index (κ3) is 1.43. The molecule has 0 unspecified atom stereocenters. The Hall–Kier alpha value is -1.68. The summed E-state index contributed by atoms with van der Waals surface area (Å²) in [6, 6.07) is 5.83. The largest absolute Gasteiger partial charge is 0.376 e. The number of hydrogen-bond donors (Lipinski definition) is 1. The lowest BCUT2D eigenvalue weighted by Crippen LogP contribution is -2.09. The van der Waals surface area contributed by atoms with Crippen LogP contribution in [0.3, 0.4) is 0 Å². The number of pyridine rings is 1. The normalized spacial score (nSPS) is 14.9. The van der Waals surface area contributed by atoms with Crippen molar-refractivity contribution in [2.24, 2.45) is 0 Å². The van der Waals surface area contributed by atoms with Crippen LogP contribution in [0.5, 0.6) is 0 Å². The molecule has 0 amide bonds. The van der Waals surface area contributed by atoms with E-state index < -0.39 is 0 Å². The average molecular weight is 201 g/mol. The Morgan fingerprint density at radius 1 is 1.33 bits per heavy atom. The molecule has 0 fully saturated rings. The first-order valence-corrected chi connectivity index (χ1v) is 5.00. The molecular formula is C11H11N3O. The SMILES string of the molecule is c1ccc(-c2n[nH]c3c2COCC3)nc1. The van der Waals surface area contributed by atoms with Crippen LogP contribution in [0.2, 0.25) is 0 Å². The summed E-state index contributed by atoms with van der Waals surface area (Å²) < 4.78 is 5.43. The highest BCUT2D eigenvalue weighted by atomic mass is 16.5. The number of aromatic nitrogens is 3.